The van der Waals surface area contributed by atoms with E-state index in [0.29, 0.717) is 29.3 Å². The van der Waals surface area contributed by atoms with Gasteiger partial charge in [-0.1, -0.05) is 18.9 Å². The standard InChI is InChI=1S/C15H14N2O3/c1-2-13-12(8-10-20-13)15(19)17-14-7-3-5-11(16-14)6-4-9-18/h3,5,7-8,10,18H,2,9H2,1H3,(H,16,17,19). The summed E-state index contributed by atoms with van der Waals surface area (Å²) in [7, 11) is 0. The van der Waals surface area contributed by atoms with Gasteiger partial charge in [0, 0.05) is 6.42 Å². The van der Waals surface area contributed by atoms with Crippen LogP contribution in [0.5, 0.6) is 0 Å². The summed E-state index contributed by atoms with van der Waals surface area (Å²) in [5.74, 6) is 5.97. The van der Waals surface area contributed by atoms with Crippen LogP contribution in [0.4, 0.5) is 5.82 Å². The summed E-state index contributed by atoms with van der Waals surface area (Å²) in [6.07, 6.45) is 2.13. The van der Waals surface area contributed by atoms with Crippen molar-refractivity contribution in [1.82, 2.24) is 4.98 Å². The predicted molar refractivity (Wildman–Crippen MR) is 74.2 cm³/mol. The zero-order valence-electron chi connectivity index (χ0n) is 11.0. The largest absolute Gasteiger partial charge is 0.469 e. The van der Waals surface area contributed by atoms with Gasteiger partial charge in [0.05, 0.1) is 11.8 Å². The van der Waals surface area contributed by atoms with Crippen LogP contribution >= 0.6 is 0 Å². The molecule has 0 aliphatic rings. The van der Waals surface area contributed by atoms with Gasteiger partial charge < -0.3 is 14.8 Å². The first-order valence-electron chi connectivity index (χ1n) is 6.19. The van der Waals surface area contributed by atoms with Crippen LogP contribution in [0.15, 0.2) is 34.9 Å². The highest BCUT2D eigenvalue weighted by atomic mass is 16.3. The molecular weight excluding hydrogens is 256 g/mol. The van der Waals surface area contributed by atoms with E-state index in [1.807, 2.05) is 6.92 Å². The van der Waals surface area contributed by atoms with Gasteiger partial charge in [-0.05, 0) is 24.1 Å². The summed E-state index contributed by atoms with van der Waals surface area (Å²) in [4.78, 5) is 16.3. The Balaban J connectivity index is 2.16. The normalized spacial score (nSPS) is 9.70. The summed E-state index contributed by atoms with van der Waals surface area (Å²) < 4.78 is 5.22. The number of rotatable bonds is 3. The van der Waals surface area contributed by atoms with Crippen LogP contribution in [0.3, 0.4) is 0 Å². The molecule has 5 nitrogen and oxygen atoms in total. The maximum absolute atomic E-state index is 12.1. The molecule has 1 amide bonds. The van der Waals surface area contributed by atoms with Crippen molar-refractivity contribution in [2.24, 2.45) is 0 Å². The molecule has 0 saturated heterocycles. The van der Waals surface area contributed by atoms with Crippen LogP contribution in [0, 0.1) is 11.8 Å². The monoisotopic (exact) mass is 270 g/mol. The van der Waals surface area contributed by atoms with E-state index in [4.69, 9.17) is 9.52 Å². The topological polar surface area (TPSA) is 75.4 Å². The SMILES string of the molecule is CCc1occc1C(=O)Nc1cccc(C#CCO)n1. The van der Waals surface area contributed by atoms with E-state index in [0.717, 1.165) is 0 Å². The summed E-state index contributed by atoms with van der Waals surface area (Å²) in [6, 6.07) is 6.74. The number of carbonyl (C=O) groups excluding carboxylic acids is 1. The molecule has 0 aliphatic carbocycles. The van der Waals surface area contributed by atoms with E-state index in [2.05, 4.69) is 22.1 Å². The minimum absolute atomic E-state index is 0.229. The lowest BCUT2D eigenvalue weighted by molar-refractivity contribution is 0.102. The number of aliphatic hydroxyl groups is 1. The molecule has 2 N–H and O–H groups in total. The van der Waals surface area contributed by atoms with Crippen LogP contribution in [-0.4, -0.2) is 22.6 Å². The van der Waals surface area contributed by atoms with Gasteiger partial charge in [0.15, 0.2) is 0 Å². The van der Waals surface area contributed by atoms with Crippen LogP contribution in [-0.2, 0) is 6.42 Å². The molecule has 20 heavy (non-hydrogen) atoms. The van der Waals surface area contributed by atoms with E-state index < -0.39 is 0 Å². The fourth-order valence-electron chi connectivity index (χ4n) is 1.70. The van der Waals surface area contributed by atoms with Gasteiger partial charge in [0.1, 0.15) is 23.9 Å². The first kappa shape index (κ1) is 13.8. The van der Waals surface area contributed by atoms with Crippen LogP contribution in [0.25, 0.3) is 0 Å². The molecular formula is C15H14N2O3. The Labute approximate surface area is 116 Å². The molecule has 0 fully saturated rings. The number of aliphatic hydroxyl groups excluding tert-OH is 1. The first-order chi connectivity index (χ1) is 9.74. The maximum atomic E-state index is 12.1. The Hall–Kier alpha value is -2.58. The van der Waals surface area contributed by atoms with Crippen LogP contribution < -0.4 is 5.32 Å². The molecule has 5 heteroatoms. The molecule has 102 valence electrons. The number of nitrogens with zero attached hydrogens (tertiary/aromatic N) is 1. The zero-order valence-corrected chi connectivity index (χ0v) is 11.0. The Kier molecular flexibility index (Phi) is 4.53. The number of anilines is 1. The molecule has 0 aliphatic heterocycles. The Bertz CT molecular complexity index is 665. The second-order valence-electron chi connectivity index (χ2n) is 3.93. The predicted octanol–water partition coefficient (Wildman–Crippen LogP) is 1.83. The van der Waals surface area contributed by atoms with Gasteiger partial charge in [-0.2, -0.15) is 0 Å². The lowest BCUT2D eigenvalue weighted by Gasteiger charge is -2.04. The van der Waals surface area contributed by atoms with Crippen molar-refractivity contribution < 1.29 is 14.3 Å². The first-order valence-corrected chi connectivity index (χ1v) is 6.19. The molecule has 0 aromatic carbocycles. The zero-order chi connectivity index (χ0) is 14.4. The molecule has 0 radical (unpaired) electrons. The Morgan fingerprint density at radius 3 is 3.05 bits per heavy atom. The van der Waals surface area contributed by atoms with Crippen molar-refractivity contribution in [2.45, 2.75) is 13.3 Å². The second kappa shape index (κ2) is 6.55. The third kappa shape index (κ3) is 3.25. The van der Waals surface area contributed by atoms with Gasteiger partial charge in [0.2, 0.25) is 0 Å². The van der Waals surface area contributed by atoms with Gasteiger partial charge in [-0.15, -0.1) is 0 Å². The van der Waals surface area contributed by atoms with Crippen molar-refractivity contribution in [3.8, 4) is 11.8 Å². The molecule has 0 atom stereocenters. The third-order valence-electron chi connectivity index (χ3n) is 2.60. The van der Waals surface area contributed by atoms with Crippen molar-refractivity contribution >= 4 is 11.7 Å². The third-order valence-corrected chi connectivity index (χ3v) is 2.60. The summed E-state index contributed by atoms with van der Waals surface area (Å²) in [5.41, 5.74) is 0.987. The van der Waals surface area contributed by atoms with E-state index in [1.54, 1.807) is 24.3 Å². The van der Waals surface area contributed by atoms with Crippen molar-refractivity contribution in [2.75, 3.05) is 11.9 Å². The highest BCUT2D eigenvalue weighted by molar-refractivity contribution is 6.04. The van der Waals surface area contributed by atoms with Gasteiger partial charge in [-0.3, -0.25) is 4.79 Å². The quantitative estimate of drug-likeness (QED) is 0.834. The smallest absolute Gasteiger partial charge is 0.260 e. The van der Waals surface area contributed by atoms with Gasteiger partial charge >= 0.3 is 0 Å². The number of carbonyl (C=O) groups is 1. The van der Waals surface area contributed by atoms with Crippen molar-refractivity contribution in [3.05, 3.63) is 47.5 Å². The maximum Gasteiger partial charge on any atom is 0.260 e. The van der Waals surface area contributed by atoms with Gasteiger partial charge in [-0.25, -0.2) is 4.98 Å². The molecule has 2 rings (SSSR count). The minimum atomic E-state index is -0.268. The summed E-state index contributed by atoms with van der Waals surface area (Å²) in [5, 5.41) is 11.3. The van der Waals surface area contributed by atoms with Crippen molar-refractivity contribution in [1.29, 1.82) is 0 Å². The number of amides is 1. The van der Waals surface area contributed by atoms with Crippen LogP contribution in [0.1, 0.15) is 28.7 Å². The Morgan fingerprint density at radius 1 is 1.45 bits per heavy atom. The van der Waals surface area contributed by atoms with E-state index in [1.165, 1.54) is 6.26 Å². The summed E-state index contributed by atoms with van der Waals surface area (Å²) in [6.45, 7) is 1.69. The molecule has 0 unspecified atom stereocenters. The second-order valence-corrected chi connectivity index (χ2v) is 3.93. The molecule has 0 spiro atoms. The van der Waals surface area contributed by atoms with Crippen LogP contribution in [0.2, 0.25) is 0 Å². The number of aromatic nitrogens is 1. The average Bonchev–Trinajstić information content (AvgIpc) is 2.94. The number of aryl methyl sites for hydroxylation is 1. The number of nitrogens with one attached hydrogen (secondary N) is 1. The molecule has 2 aromatic rings. The average molecular weight is 270 g/mol. The highest BCUT2D eigenvalue weighted by Crippen LogP contribution is 2.13. The fourth-order valence-corrected chi connectivity index (χ4v) is 1.70. The van der Waals surface area contributed by atoms with E-state index >= 15 is 0 Å². The molecule has 2 aromatic heterocycles. The van der Waals surface area contributed by atoms with E-state index in [-0.39, 0.29) is 12.5 Å². The lowest BCUT2D eigenvalue weighted by Crippen LogP contribution is -2.14. The lowest BCUT2D eigenvalue weighted by atomic mass is 10.2. The molecule has 2 heterocycles. The number of furan rings is 1. The fraction of sp³-hybridized carbons (Fsp3) is 0.200. The molecule has 0 saturated carbocycles. The van der Waals surface area contributed by atoms with Gasteiger partial charge in [0.25, 0.3) is 5.91 Å². The van der Waals surface area contributed by atoms with Crippen molar-refractivity contribution in [3.63, 3.8) is 0 Å². The highest BCUT2D eigenvalue weighted by Gasteiger charge is 2.13. The number of hydrogen-bond donors (Lipinski definition) is 2. The Morgan fingerprint density at radius 2 is 2.30 bits per heavy atom. The number of hydrogen-bond acceptors (Lipinski definition) is 4. The summed E-state index contributed by atoms with van der Waals surface area (Å²) >= 11 is 0. The minimum Gasteiger partial charge on any atom is -0.469 e. The molecule has 0 bridgehead atoms. The van der Waals surface area contributed by atoms with E-state index in [9.17, 15) is 4.79 Å². The number of pyridine rings is 1.